The molecule has 52 heavy (non-hydrogen) atoms. The minimum Gasteiger partial charge on any atom is -0.310 e. The van der Waals surface area contributed by atoms with E-state index in [4.69, 9.17) is 0 Å². The number of benzene rings is 7. The molecular formula is C49H35N3. The summed E-state index contributed by atoms with van der Waals surface area (Å²) in [6.45, 7) is 4.65. The number of fused-ring (bicyclic) bond motifs is 7. The Hall–Kier alpha value is -6.84. The van der Waals surface area contributed by atoms with Gasteiger partial charge >= 0.3 is 0 Å². The van der Waals surface area contributed by atoms with Gasteiger partial charge < -0.3 is 14.0 Å². The van der Waals surface area contributed by atoms with Crippen LogP contribution in [-0.2, 0) is 6.42 Å². The van der Waals surface area contributed by atoms with E-state index in [1.54, 1.807) is 0 Å². The first-order chi connectivity index (χ1) is 25.8. The molecule has 10 rings (SSSR count). The fraction of sp³-hybridized carbons (Fsp3) is 0.0204. The average molecular weight is 666 g/mol. The number of nitrogens with zero attached hydrogens (tertiary/aromatic N) is 3. The van der Waals surface area contributed by atoms with Crippen molar-refractivity contribution in [3.63, 3.8) is 0 Å². The Morgan fingerprint density at radius 3 is 1.50 bits per heavy atom. The highest BCUT2D eigenvalue weighted by atomic mass is 15.2. The number of rotatable bonds is 4. The molecule has 0 spiro atoms. The van der Waals surface area contributed by atoms with E-state index in [1.165, 1.54) is 49.2 Å². The molecule has 9 aromatic rings. The summed E-state index contributed by atoms with van der Waals surface area (Å²) in [6, 6.07) is 59.3. The molecule has 0 fully saturated rings. The summed E-state index contributed by atoms with van der Waals surface area (Å²) in [5.74, 6) is 0. The van der Waals surface area contributed by atoms with E-state index < -0.39 is 0 Å². The van der Waals surface area contributed by atoms with Crippen molar-refractivity contribution in [1.82, 2.24) is 9.13 Å². The lowest BCUT2D eigenvalue weighted by molar-refractivity contribution is 1.12. The van der Waals surface area contributed by atoms with Gasteiger partial charge in [-0.2, -0.15) is 0 Å². The molecule has 1 aliphatic rings. The van der Waals surface area contributed by atoms with Crippen LogP contribution in [0.4, 0.5) is 11.4 Å². The smallest absolute Gasteiger partial charge is 0.0541 e. The lowest BCUT2D eigenvalue weighted by Gasteiger charge is -2.30. The number of para-hydroxylation sites is 6. The fourth-order valence-corrected chi connectivity index (χ4v) is 8.22. The highest BCUT2D eigenvalue weighted by molar-refractivity contribution is 6.10. The van der Waals surface area contributed by atoms with Crippen LogP contribution in [-0.4, -0.2) is 9.13 Å². The van der Waals surface area contributed by atoms with Crippen molar-refractivity contribution in [3.05, 3.63) is 206 Å². The summed E-state index contributed by atoms with van der Waals surface area (Å²) >= 11 is 0. The minimum absolute atomic E-state index is 0.786. The van der Waals surface area contributed by atoms with Gasteiger partial charge in [-0.15, -0.1) is 0 Å². The van der Waals surface area contributed by atoms with E-state index in [1.807, 2.05) is 0 Å². The summed E-state index contributed by atoms with van der Waals surface area (Å²) in [7, 11) is 0. The predicted octanol–water partition coefficient (Wildman–Crippen LogP) is 12.9. The molecule has 0 atom stereocenters. The number of allylic oxidation sites excluding steroid dienone is 4. The number of hydrogen-bond acceptors (Lipinski definition) is 1. The van der Waals surface area contributed by atoms with Crippen LogP contribution < -0.4 is 4.90 Å². The first kappa shape index (κ1) is 30.0. The van der Waals surface area contributed by atoms with Crippen LogP contribution in [0.3, 0.4) is 0 Å². The Balaban J connectivity index is 1.18. The lowest BCUT2D eigenvalue weighted by atomic mass is 9.98. The van der Waals surface area contributed by atoms with Crippen molar-refractivity contribution >= 4 is 55.0 Å². The van der Waals surface area contributed by atoms with E-state index in [2.05, 4.69) is 209 Å². The van der Waals surface area contributed by atoms with Crippen LogP contribution in [0.25, 0.3) is 66.1 Å². The first-order valence-electron chi connectivity index (χ1n) is 17.9. The summed E-state index contributed by atoms with van der Waals surface area (Å²) < 4.78 is 4.81. The highest BCUT2D eigenvalue weighted by Crippen LogP contribution is 2.44. The zero-order valence-electron chi connectivity index (χ0n) is 28.7. The van der Waals surface area contributed by atoms with Crippen molar-refractivity contribution in [2.45, 2.75) is 6.42 Å². The van der Waals surface area contributed by atoms with Gasteiger partial charge in [-0.25, -0.2) is 0 Å². The highest BCUT2D eigenvalue weighted by Gasteiger charge is 2.23. The van der Waals surface area contributed by atoms with E-state index in [9.17, 15) is 0 Å². The molecule has 2 aromatic heterocycles. The molecule has 0 N–H and O–H groups in total. The van der Waals surface area contributed by atoms with Crippen molar-refractivity contribution in [1.29, 1.82) is 0 Å². The summed E-state index contributed by atoms with van der Waals surface area (Å²) in [5, 5.41) is 5.02. The standard InChI is InChI=1S/C49H35N3/c1-34-17-3-2-4-18-35-33-36(51-45-26-12-6-20-38(45)39-21-7-13-27-46(39)51)31-32-43(35)50(34)44-25-11-5-19-37(44)40-22-8-14-28-47(40)52-48-29-15-9-23-41(48)42-24-10-16-30-49(42)52/h2-17,19-33H,1,18H2/b4-2-,17-3-. The maximum atomic E-state index is 4.65. The van der Waals surface area contributed by atoms with Gasteiger partial charge in [0, 0.05) is 49.7 Å². The molecule has 0 bridgehead atoms. The summed E-state index contributed by atoms with van der Waals surface area (Å²) in [6.07, 6.45) is 9.38. The van der Waals surface area contributed by atoms with Gasteiger partial charge in [0.15, 0.2) is 0 Å². The fourth-order valence-electron chi connectivity index (χ4n) is 8.22. The Kier molecular flexibility index (Phi) is 7.04. The van der Waals surface area contributed by atoms with Crippen molar-refractivity contribution < 1.29 is 0 Å². The minimum atomic E-state index is 0.786. The Morgan fingerprint density at radius 1 is 0.423 bits per heavy atom. The van der Waals surface area contributed by atoms with Crippen LogP contribution in [0.1, 0.15) is 5.56 Å². The van der Waals surface area contributed by atoms with E-state index in [-0.39, 0.29) is 0 Å². The molecule has 1 aliphatic heterocycles. The maximum Gasteiger partial charge on any atom is 0.0541 e. The van der Waals surface area contributed by atoms with Gasteiger partial charge in [-0.05, 0) is 72.7 Å². The first-order valence-corrected chi connectivity index (χ1v) is 17.9. The SMILES string of the molecule is C=C1/C=C\C=C/Cc2cc(-n3c4ccccc4c4ccccc43)ccc2N1c1ccccc1-c1ccccc1-n1c2ccccc2c2ccccc21. The van der Waals surface area contributed by atoms with Crippen LogP contribution in [0.15, 0.2) is 200 Å². The number of hydrogen-bond donors (Lipinski definition) is 0. The van der Waals surface area contributed by atoms with E-state index in [0.717, 1.165) is 46.0 Å². The third kappa shape index (κ3) is 4.67. The molecular weight excluding hydrogens is 631 g/mol. The van der Waals surface area contributed by atoms with Crippen LogP contribution >= 0.6 is 0 Å². The molecule has 0 amide bonds. The normalized spacial score (nSPS) is 14.4. The number of anilines is 2. The van der Waals surface area contributed by atoms with Gasteiger partial charge in [-0.1, -0.05) is 134 Å². The van der Waals surface area contributed by atoms with Crippen LogP contribution in [0.2, 0.25) is 0 Å². The van der Waals surface area contributed by atoms with Crippen molar-refractivity contribution in [2.24, 2.45) is 0 Å². The van der Waals surface area contributed by atoms with Gasteiger partial charge in [0.2, 0.25) is 0 Å². The monoisotopic (exact) mass is 665 g/mol. The second kappa shape index (κ2) is 12.2. The van der Waals surface area contributed by atoms with Crippen LogP contribution in [0, 0.1) is 0 Å². The van der Waals surface area contributed by atoms with Crippen molar-refractivity contribution in [3.8, 4) is 22.5 Å². The topological polar surface area (TPSA) is 13.1 Å². The molecule has 3 heterocycles. The Labute approximate surface area is 302 Å². The van der Waals surface area contributed by atoms with E-state index in [0.29, 0.717) is 0 Å². The Bertz CT molecular complexity index is 2810. The van der Waals surface area contributed by atoms with Crippen molar-refractivity contribution in [2.75, 3.05) is 4.90 Å². The number of aromatic nitrogens is 2. The third-order valence-corrected chi connectivity index (χ3v) is 10.5. The molecule has 3 heteroatoms. The maximum absolute atomic E-state index is 4.65. The van der Waals surface area contributed by atoms with Gasteiger partial charge in [0.05, 0.1) is 33.4 Å². The second-order valence-electron chi connectivity index (χ2n) is 13.4. The van der Waals surface area contributed by atoms with Crippen LogP contribution in [0.5, 0.6) is 0 Å². The lowest BCUT2D eigenvalue weighted by Crippen LogP contribution is -2.17. The van der Waals surface area contributed by atoms with Gasteiger partial charge in [0.1, 0.15) is 0 Å². The molecule has 0 saturated carbocycles. The quantitative estimate of drug-likeness (QED) is 0.182. The zero-order valence-corrected chi connectivity index (χ0v) is 28.7. The molecule has 246 valence electrons. The third-order valence-electron chi connectivity index (χ3n) is 10.5. The predicted molar refractivity (Wildman–Crippen MR) is 220 cm³/mol. The molecule has 0 aliphatic carbocycles. The molecule has 0 radical (unpaired) electrons. The van der Waals surface area contributed by atoms with Gasteiger partial charge in [0.25, 0.3) is 0 Å². The van der Waals surface area contributed by atoms with Gasteiger partial charge in [-0.3, -0.25) is 0 Å². The molecule has 0 saturated heterocycles. The Morgan fingerprint density at radius 2 is 0.904 bits per heavy atom. The summed E-state index contributed by atoms with van der Waals surface area (Å²) in [4.78, 5) is 2.34. The largest absolute Gasteiger partial charge is 0.310 e. The zero-order chi connectivity index (χ0) is 34.6. The second-order valence-corrected chi connectivity index (χ2v) is 13.4. The molecule has 0 unspecified atom stereocenters. The average Bonchev–Trinajstić information content (AvgIpc) is 3.73. The molecule has 7 aromatic carbocycles. The summed E-state index contributed by atoms with van der Waals surface area (Å²) in [5.41, 5.74) is 13.7. The van der Waals surface area contributed by atoms with E-state index >= 15 is 0 Å². The molecule has 3 nitrogen and oxygen atoms in total.